The van der Waals surface area contributed by atoms with E-state index in [0.29, 0.717) is 17.8 Å². The van der Waals surface area contributed by atoms with Gasteiger partial charge >= 0.3 is 5.97 Å². The largest absolute Gasteiger partial charge is 0.479 e. The molecule has 0 radical (unpaired) electrons. The summed E-state index contributed by atoms with van der Waals surface area (Å²) in [6.07, 6.45) is 0.321. The Morgan fingerprint density at radius 3 is 2.47 bits per heavy atom. The Hall–Kier alpha value is -2.37. The van der Waals surface area contributed by atoms with E-state index in [9.17, 15) is 9.59 Å². The Morgan fingerprint density at radius 2 is 2.00 bits per heavy atom. The summed E-state index contributed by atoms with van der Waals surface area (Å²) in [4.78, 5) is 22.0. The first-order chi connectivity index (χ1) is 8.90. The van der Waals surface area contributed by atoms with Gasteiger partial charge in [-0.2, -0.15) is 5.10 Å². The van der Waals surface area contributed by atoms with Crippen molar-refractivity contribution in [1.29, 1.82) is 0 Å². The average Bonchev–Trinajstić information content (AvgIpc) is 2.74. The molecule has 1 amide bonds. The van der Waals surface area contributed by atoms with Crippen LogP contribution in [0.15, 0.2) is 29.4 Å². The highest BCUT2D eigenvalue weighted by molar-refractivity contribution is 6.05. The molecule has 19 heavy (non-hydrogen) atoms. The Kier molecular flexibility index (Phi) is 3.25. The summed E-state index contributed by atoms with van der Waals surface area (Å²) in [5.74, 6) is -1.06. The maximum Gasteiger partial charge on any atom is 0.331 e. The van der Waals surface area contributed by atoms with Gasteiger partial charge in [0.25, 0.3) is 0 Å². The van der Waals surface area contributed by atoms with E-state index in [-0.39, 0.29) is 5.91 Å². The first-order valence-electron chi connectivity index (χ1n) is 5.86. The molecule has 0 aromatic heterocycles. The Labute approximate surface area is 110 Å². The molecule has 2 rings (SSSR count). The number of carbonyl (C=O) groups is 2. The molecule has 0 aliphatic carbocycles. The van der Waals surface area contributed by atoms with Crippen molar-refractivity contribution in [2.45, 2.75) is 25.8 Å². The molecule has 3 N–H and O–H groups in total. The van der Waals surface area contributed by atoms with Gasteiger partial charge in [-0.15, -0.1) is 0 Å². The van der Waals surface area contributed by atoms with Crippen LogP contribution in [0.3, 0.4) is 0 Å². The number of carbonyl (C=O) groups excluding carboxylic acids is 1. The number of nitrogens with zero attached hydrogens (tertiary/aromatic N) is 1. The zero-order chi connectivity index (χ0) is 14.0. The molecule has 0 saturated heterocycles. The summed E-state index contributed by atoms with van der Waals surface area (Å²) < 4.78 is 0. The monoisotopic (exact) mass is 261 g/mol. The zero-order valence-electron chi connectivity index (χ0n) is 10.7. The second-order valence-corrected chi connectivity index (χ2v) is 4.74. The van der Waals surface area contributed by atoms with E-state index in [1.54, 1.807) is 31.2 Å². The normalized spacial score (nSPS) is 21.5. The van der Waals surface area contributed by atoms with Crippen LogP contribution in [0.2, 0.25) is 0 Å². The molecule has 0 saturated carbocycles. The Morgan fingerprint density at radius 1 is 1.37 bits per heavy atom. The number of hydrogen-bond acceptors (Lipinski definition) is 4. The molecule has 0 fully saturated rings. The van der Waals surface area contributed by atoms with Crippen LogP contribution in [0.1, 0.15) is 25.8 Å². The minimum absolute atomic E-state index is 0.133. The Balaban J connectivity index is 2.12. The van der Waals surface area contributed by atoms with Gasteiger partial charge in [0.15, 0.2) is 5.54 Å². The third kappa shape index (κ3) is 2.73. The molecule has 1 aliphatic rings. The van der Waals surface area contributed by atoms with Gasteiger partial charge in [0.2, 0.25) is 5.91 Å². The standard InChI is InChI=1S/C13H15N3O3/c1-8(17)14-10-5-3-9(4-6-10)11-7-13(2,12(18)19)16-15-11/h3-6,16H,7H2,1-2H3,(H,14,17)(H,18,19). The van der Waals surface area contributed by atoms with Crippen LogP contribution in [0.25, 0.3) is 0 Å². The zero-order valence-corrected chi connectivity index (χ0v) is 10.7. The number of rotatable bonds is 3. The number of anilines is 1. The second-order valence-electron chi connectivity index (χ2n) is 4.74. The topological polar surface area (TPSA) is 90.8 Å². The lowest BCUT2D eigenvalue weighted by atomic mass is 9.94. The lowest BCUT2D eigenvalue weighted by molar-refractivity contribution is -0.143. The predicted octanol–water partition coefficient (Wildman–Crippen LogP) is 1.19. The van der Waals surface area contributed by atoms with Crippen LogP contribution < -0.4 is 10.7 Å². The van der Waals surface area contributed by atoms with Gasteiger partial charge < -0.3 is 10.4 Å². The maximum absolute atomic E-state index is 11.1. The van der Waals surface area contributed by atoms with Gasteiger partial charge in [-0.3, -0.25) is 10.2 Å². The molecular weight excluding hydrogens is 246 g/mol. The summed E-state index contributed by atoms with van der Waals surface area (Å²) in [6.45, 7) is 3.04. The van der Waals surface area contributed by atoms with E-state index in [0.717, 1.165) is 5.56 Å². The molecule has 100 valence electrons. The minimum atomic E-state index is -1.05. The van der Waals surface area contributed by atoms with E-state index < -0.39 is 11.5 Å². The van der Waals surface area contributed by atoms with Gasteiger partial charge in [0.1, 0.15) is 0 Å². The van der Waals surface area contributed by atoms with Crippen LogP contribution in [0.4, 0.5) is 5.69 Å². The molecular formula is C13H15N3O3. The van der Waals surface area contributed by atoms with E-state index in [1.165, 1.54) is 6.92 Å². The summed E-state index contributed by atoms with van der Waals surface area (Å²) in [7, 11) is 0. The van der Waals surface area contributed by atoms with Crippen molar-refractivity contribution in [2.75, 3.05) is 5.32 Å². The smallest absolute Gasteiger partial charge is 0.331 e. The van der Waals surface area contributed by atoms with Crippen LogP contribution in [-0.2, 0) is 9.59 Å². The van der Waals surface area contributed by atoms with Crippen LogP contribution in [0.5, 0.6) is 0 Å². The fourth-order valence-corrected chi connectivity index (χ4v) is 1.84. The highest BCUT2D eigenvalue weighted by Gasteiger charge is 2.38. The summed E-state index contributed by atoms with van der Waals surface area (Å²) in [6, 6.07) is 7.13. The lowest BCUT2D eigenvalue weighted by Crippen LogP contribution is -2.44. The SMILES string of the molecule is CC(=O)Nc1ccc(C2=NNC(C)(C(=O)O)C2)cc1. The van der Waals surface area contributed by atoms with Crippen LogP contribution >= 0.6 is 0 Å². The number of hydrogen-bond donors (Lipinski definition) is 3. The number of amides is 1. The molecule has 1 unspecified atom stereocenters. The number of aliphatic carboxylic acids is 1. The molecule has 1 aliphatic heterocycles. The number of benzene rings is 1. The molecule has 6 nitrogen and oxygen atoms in total. The molecule has 1 aromatic rings. The van der Waals surface area contributed by atoms with E-state index in [2.05, 4.69) is 15.8 Å². The second kappa shape index (κ2) is 4.72. The van der Waals surface area contributed by atoms with Crippen LogP contribution in [0, 0.1) is 0 Å². The van der Waals surface area contributed by atoms with Gasteiger partial charge in [0.05, 0.1) is 5.71 Å². The highest BCUT2D eigenvalue weighted by Crippen LogP contribution is 2.22. The van der Waals surface area contributed by atoms with Crippen molar-refractivity contribution in [3.63, 3.8) is 0 Å². The maximum atomic E-state index is 11.1. The lowest BCUT2D eigenvalue weighted by Gasteiger charge is -2.16. The third-order valence-electron chi connectivity index (χ3n) is 2.97. The van der Waals surface area contributed by atoms with Gasteiger partial charge in [-0.05, 0) is 24.6 Å². The number of hydrazone groups is 1. The van der Waals surface area contributed by atoms with Crippen molar-refractivity contribution in [2.24, 2.45) is 5.10 Å². The number of carboxylic acid groups (broad SMARTS) is 1. The molecule has 1 heterocycles. The summed E-state index contributed by atoms with van der Waals surface area (Å²) in [5.41, 5.74) is 3.83. The third-order valence-corrected chi connectivity index (χ3v) is 2.97. The first-order valence-corrected chi connectivity index (χ1v) is 5.86. The highest BCUT2D eigenvalue weighted by atomic mass is 16.4. The van der Waals surface area contributed by atoms with Crippen molar-refractivity contribution in [3.05, 3.63) is 29.8 Å². The summed E-state index contributed by atoms with van der Waals surface area (Å²) in [5, 5.41) is 15.8. The fourth-order valence-electron chi connectivity index (χ4n) is 1.84. The fraction of sp³-hybridized carbons (Fsp3) is 0.308. The average molecular weight is 261 g/mol. The predicted molar refractivity (Wildman–Crippen MR) is 71.1 cm³/mol. The van der Waals surface area contributed by atoms with Crippen molar-refractivity contribution in [3.8, 4) is 0 Å². The van der Waals surface area contributed by atoms with Crippen molar-refractivity contribution >= 4 is 23.3 Å². The van der Waals surface area contributed by atoms with Gasteiger partial charge in [-0.25, -0.2) is 4.79 Å². The van der Waals surface area contributed by atoms with E-state index >= 15 is 0 Å². The van der Waals surface area contributed by atoms with Crippen LogP contribution in [-0.4, -0.2) is 28.2 Å². The van der Waals surface area contributed by atoms with Crippen molar-refractivity contribution < 1.29 is 14.7 Å². The summed E-state index contributed by atoms with van der Waals surface area (Å²) >= 11 is 0. The van der Waals surface area contributed by atoms with E-state index in [4.69, 9.17) is 5.11 Å². The van der Waals surface area contributed by atoms with Gasteiger partial charge in [-0.1, -0.05) is 12.1 Å². The van der Waals surface area contributed by atoms with E-state index in [1.807, 2.05) is 0 Å². The van der Waals surface area contributed by atoms with Gasteiger partial charge in [0, 0.05) is 19.0 Å². The first kappa shape index (κ1) is 13.1. The molecule has 1 atom stereocenters. The molecule has 0 bridgehead atoms. The quantitative estimate of drug-likeness (QED) is 0.762. The number of nitrogens with one attached hydrogen (secondary N) is 2. The number of carboxylic acids is 1. The molecule has 1 aromatic carbocycles. The van der Waals surface area contributed by atoms with Crippen molar-refractivity contribution in [1.82, 2.24) is 5.43 Å². The molecule has 0 spiro atoms. The minimum Gasteiger partial charge on any atom is -0.479 e. The molecule has 6 heteroatoms. The Bertz CT molecular complexity index is 551.